The maximum Gasteiger partial charge on any atom is 0.247 e. The molecule has 1 aliphatic rings. The van der Waals surface area contributed by atoms with Crippen LogP contribution >= 0.6 is 11.8 Å². The lowest BCUT2D eigenvalue weighted by Gasteiger charge is -2.29. The van der Waals surface area contributed by atoms with Gasteiger partial charge in [0.2, 0.25) is 23.2 Å². The highest BCUT2D eigenvalue weighted by molar-refractivity contribution is 7.99. The van der Waals surface area contributed by atoms with E-state index in [1.807, 2.05) is 37.3 Å². The second-order valence-corrected chi connectivity index (χ2v) is 7.34. The molecular formula is C20H17FN4O2S. The number of carbonyl (C=O) groups is 1. The predicted octanol–water partition coefficient (Wildman–Crippen LogP) is 4.23. The summed E-state index contributed by atoms with van der Waals surface area (Å²) in [5.41, 5.74) is 1.98. The number of benzene rings is 2. The van der Waals surface area contributed by atoms with Gasteiger partial charge in [-0.15, -0.1) is 10.2 Å². The van der Waals surface area contributed by atoms with Crippen molar-refractivity contribution in [2.24, 2.45) is 0 Å². The van der Waals surface area contributed by atoms with Crippen LogP contribution in [0, 0.1) is 5.82 Å². The number of anilines is 1. The largest absolute Gasteiger partial charge is 0.447 e. The van der Waals surface area contributed by atoms with E-state index >= 15 is 0 Å². The van der Waals surface area contributed by atoms with E-state index in [1.165, 1.54) is 35.7 Å². The first-order valence-electron chi connectivity index (χ1n) is 8.77. The minimum absolute atomic E-state index is 0.218. The normalized spacial score (nSPS) is 15.2. The zero-order valence-corrected chi connectivity index (χ0v) is 16.1. The van der Waals surface area contributed by atoms with Crippen LogP contribution in [0.15, 0.2) is 53.7 Å². The molecule has 1 aromatic heterocycles. The molecule has 142 valence electrons. The minimum Gasteiger partial charge on any atom is -0.447 e. The third kappa shape index (κ3) is 3.31. The molecule has 8 heteroatoms. The molecule has 6 nitrogen and oxygen atoms in total. The van der Waals surface area contributed by atoms with E-state index in [4.69, 9.17) is 4.74 Å². The number of aromatic nitrogens is 3. The van der Waals surface area contributed by atoms with Gasteiger partial charge in [0.05, 0.1) is 5.69 Å². The Hall–Kier alpha value is -3.00. The van der Waals surface area contributed by atoms with Gasteiger partial charge in [0.25, 0.3) is 0 Å². The zero-order chi connectivity index (χ0) is 19.7. The summed E-state index contributed by atoms with van der Waals surface area (Å²) in [5, 5.41) is 8.82. The lowest BCUT2D eigenvalue weighted by Crippen LogP contribution is -2.36. The molecule has 28 heavy (non-hydrogen) atoms. The minimum atomic E-state index is -0.764. The van der Waals surface area contributed by atoms with Crippen LogP contribution < -0.4 is 9.64 Å². The summed E-state index contributed by atoms with van der Waals surface area (Å²) >= 11 is 1.42. The fourth-order valence-corrected chi connectivity index (χ4v) is 3.61. The fraction of sp³-hybridized carbons (Fsp3) is 0.200. The molecule has 1 aliphatic heterocycles. The number of amides is 1. The van der Waals surface area contributed by atoms with Crippen molar-refractivity contribution >= 4 is 23.4 Å². The average Bonchev–Trinajstić information content (AvgIpc) is 2.83. The molecule has 0 spiro atoms. The summed E-state index contributed by atoms with van der Waals surface area (Å²) < 4.78 is 20.2. The summed E-state index contributed by atoms with van der Waals surface area (Å²) in [4.78, 5) is 18.5. The topological polar surface area (TPSA) is 68.2 Å². The second-order valence-electron chi connectivity index (χ2n) is 6.11. The fourth-order valence-electron chi connectivity index (χ4n) is 3.10. The lowest BCUT2D eigenvalue weighted by atomic mass is 10.1. The Morgan fingerprint density at radius 3 is 2.71 bits per heavy atom. The number of fused-ring (bicyclic) bond motifs is 3. The van der Waals surface area contributed by atoms with Crippen molar-refractivity contribution < 1.29 is 13.9 Å². The first-order valence-corrected chi connectivity index (χ1v) is 9.76. The van der Waals surface area contributed by atoms with Crippen molar-refractivity contribution in [2.45, 2.75) is 25.2 Å². The van der Waals surface area contributed by atoms with Crippen LogP contribution in [0.25, 0.3) is 11.3 Å². The van der Waals surface area contributed by atoms with Crippen molar-refractivity contribution in [3.05, 3.63) is 59.9 Å². The van der Waals surface area contributed by atoms with Crippen LogP contribution in [0.4, 0.5) is 10.1 Å². The summed E-state index contributed by atoms with van der Waals surface area (Å²) in [6.45, 7) is 3.43. The number of halogens is 1. The van der Waals surface area contributed by atoms with Gasteiger partial charge in [-0.05, 0) is 24.0 Å². The Labute approximate surface area is 165 Å². The third-order valence-electron chi connectivity index (χ3n) is 4.26. The highest BCUT2D eigenvalue weighted by Crippen LogP contribution is 2.43. The number of carbonyl (C=O) groups excluding carboxylic acids is 1. The van der Waals surface area contributed by atoms with Crippen LogP contribution in [0.3, 0.4) is 0 Å². The van der Waals surface area contributed by atoms with Gasteiger partial charge in [-0.3, -0.25) is 9.69 Å². The van der Waals surface area contributed by atoms with Gasteiger partial charge in [0.15, 0.2) is 5.69 Å². The van der Waals surface area contributed by atoms with Crippen LogP contribution in [0.5, 0.6) is 5.88 Å². The van der Waals surface area contributed by atoms with E-state index in [-0.39, 0.29) is 11.8 Å². The van der Waals surface area contributed by atoms with E-state index < -0.39 is 12.0 Å². The van der Waals surface area contributed by atoms with Crippen LogP contribution in [-0.2, 0) is 4.79 Å². The van der Waals surface area contributed by atoms with Gasteiger partial charge < -0.3 is 4.74 Å². The maximum absolute atomic E-state index is 14.1. The highest BCUT2D eigenvalue weighted by atomic mass is 32.2. The molecule has 0 fully saturated rings. The summed E-state index contributed by atoms with van der Waals surface area (Å²) in [6, 6.07) is 13.5. The van der Waals surface area contributed by atoms with Crippen molar-refractivity contribution in [3.8, 4) is 17.1 Å². The van der Waals surface area contributed by atoms with Crippen LogP contribution in [-0.4, -0.2) is 26.8 Å². The standard InChI is InChI=1S/C20H17FN4O2S/c1-3-28-20-22-18-17(23-24-20)15-11-14(21)9-10-16(15)25(12(2)26)19(27-18)13-7-5-4-6-8-13/h4-11,19H,3H2,1-2H3/t19-/m0/s1. The van der Waals surface area contributed by atoms with E-state index in [0.29, 0.717) is 22.1 Å². The highest BCUT2D eigenvalue weighted by Gasteiger charge is 2.34. The summed E-state index contributed by atoms with van der Waals surface area (Å²) in [6.07, 6.45) is -0.764. The number of ether oxygens (including phenoxy) is 1. The van der Waals surface area contributed by atoms with E-state index in [2.05, 4.69) is 15.2 Å². The quantitative estimate of drug-likeness (QED) is 0.617. The first-order chi connectivity index (χ1) is 13.6. The van der Waals surface area contributed by atoms with Gasteiger partial charge in [0, 0.05) is 18.1 Å². The van der Waals surface area contributed by atoms with Gasteiger partial charge >= 0.3 is 0 Å². The van der Waals surface area contributed by atoms with Crippen LogP contribution in [0.1, 0.15) is 25.6 Å². The first kappa shape index (κ1) is 18.4. The molecule has 0 radical (unpaired) electrons. The van der Waals surface area contributed by atoms with Gasteiger partial charge in [-0.2, -0.15) is 4.98 Å². The van der Waals surface area contributed by atoms with Gasteiger partial charge in [-0.25, -0.2) is 4.39 Å². The van der Waals surface area contributed by atoms with Crippen LogP contribution in [0.2, 0.25) is 0 Å². The Morgan fingerprint density at radius 1 is 1.21 bits per heavy atom. The van der Waals surface area contributed by atoms with Crippen molar-refractivity contribution in [2.75, 3.05) is 10.7 Å². The molecule has 0 bridgehead atoms. The third-order valence-corrected chi connectivity index (χ3v) is 4.98. The molecule has 0 saturated heterocycles. The molecule has 0 unspecified atom stereocenters. The SMILES string of the molecule is CCSc1nnc2c(n1)O[C@@H](c1ccccc1)N(C(C)=O)c1ccc(F)cc1-2. The number of hydrogen-bond acceptors (Lipinski definition) is 6. The zero-order valence-electron chi connectivity index (χ0n) is 15.3. The average molecular weight is 396 g/mol. The maximum atomic E-state index is 14.1. The number of nitrogens with zero attached hydrogens (tertiary/aromatic N) is 4. The smallest absolute Gasteiger partial charge is 0.247 e. The number of hydrogen-bond donors (Lipinski definition) is 0. The summed E-state index contributed by atoms with van der Waals surface area (Å²) in [7, 11) is 0. The summed E-state index contributed by atoms with van der Waals surface area (Å²) in [5.74, 6) is 0.300. The van der Waals surface area contributed by atoms with E-state index in [0.717, 1.165) is 11.3 Å². The number of rotatable bonds is 3. The second kappa shape index (κ2) is 7.55. The Morgan fingerprint density at radius 2 is 2.00 bits per heavy atom. The lowest BCUT2D eigenvalue weighted by molar-refractivity contribution is -0.118. The van der Waals surface area contributed by atoms with E-state index in [1.54, 1.807) is 6.07 Å². The molecule has 0 saturated carbocycles. The monoisotopic (exact) mass is 396 g/mol. The van der Waals surface area contributed by atoms with Crippen molar-refractivity contribution in [1.29, 1.82) is 0 Å². The Kier molecular flexibility index (Phi) is 4.95. The molecule has 2 aromatic carbocycles. The molecule has 1 atom stereocenters. The molecule has 4 rings (SSSR count). The van der Waals surface area contributed by atoms with Gasteiger partial charge in [0.1, 0.15) is 5.82 Å². The van der Waals surface area contributed by atoms with E-state index in [9.17, 15) is 9.18 Å². The predicted molar refractivity (Wildman–Crippen MR) is 105 cm³/mol. The Bertz CT molecular complexity index is 1030. The molecule has 1 amide bonds. The van der Waals surface area contributed by atoms with Crippen molar-refractivity contribution in [1.82, 2.24) is 15.2 Å². The molecule has 2 heterocycles. The molecule has 0 N–H and O–H groups in total. The molecular weight excluding hydrogens is 379 g/mol. The molecule has 3 aromatic rings. The van der Waals surface area contributed by atoms with Crippen molar-refractivity contribution in [3.63, 3.8) is 0 Å². The number of thioether (sulfide) groups is 1. The Balaban J connectivity index is 1.97. The molecule has 0 aliphatic carbocycles. The van der Waals surface area contributed by atoms with Gasteiger partial charge in [-0.1, -0.05) is 49.0 Å².